The van der Waals surface area contributed by atoms with Gasteiger partial charge in [-0.25, -0.2) is 0 Å². The molecule has 0 saturated carbocycles. The van der Waals surface area contributed by atoms with Gasteiger partial charge in [-0.2, -0.15) is 13.2 Å². The van der Waals surface area contributed by atoms with Crippen molar-refractivity contribution in [3.05, 3.63) is 59.4 Å². The van der Waals surface area contributed by atoms with Crippen LogP contribution >= 0.6 is 0 Å². The second-order valence-electron chi connectivity index (χ2n) is 5.95. The first-order valence-electron chi connectivity index (χ1n) is 8.53. The first kappa shape index (κ1) is 20.4. The molecule has 2 N–H and O–H groups in total. The van der Waals surface area contributed by atoms with Crippen molar-refractivity contribution >= 4 is 17.5 Å². The number of alkyl halides is 3. The maximum absolute atomic E-state index is 12.6. The predicted molar refractivity (Wildman–Crippen MR) is 95.5 cm³/mol. The van der Waals surface area contributed by atoms with Gasteiger partial charge in [0, 0.05) is 24.6 Å². The highest BCUT2D eigenvalue weighted by atomic mass is 19.4. The van der Waals surface area contributed by atoms with E-state index in [1.54, 1.807) is 0 Å². The van der Waals surface area contributed by atoms with E-state index in [0.717, 1.165) is 31.4 Å². The van der Waals surface area contributed by atoms with Gasteiger partial charge >= 0.3 is 6.18 Å². The fraction of sp³-hybridized carbons (Fsp3) is 0.316. The van der Waals surface area contributed by atoms with Gasteiger partial charge in [0.15, 0.2) is 0 Å². The zero-order valence-corrected chi connectivity index (χ0v) is 14.8. The number of anilines is 1. The van der Waals surface area contributed by atoms with Crippen LogP contribution in [-0.2, 0) is 6.18 Å². The summed E-state index contributed by atoms with van der Waals surface area (Å²) in [4.78, 5) is 28.2. The van der Waals surface area contributed by atoms with E-state index in [9.17, 15) is 22.8 Å². The Bertz CT molecular complexity index is 790. The number of nitrogens with zero attached hydrogens (tertiary/aromatic N) is 1. The van der Waals surface area contributed by atoms with Crippen molar-refractivity contribution in [3.8, 4) is 0 Å². The third-order valence-electron chi connectivity index (χ3n) is 3.80. The molecule has 8 heteroatoms. The second-order valence-corrected chi connectivity index (χ2v) is 5.95. The number of amides is 2. The lowest BCUT2D eigenvalue weighted by Crippen LogP contribution is -2.25. The topological polar surface area (TPSA) is 71.1 Å². The number of pyridine rings is 1. The van der Waals surface area contributed by atoms with Gasteiger partial charge in [0.1, 0.15) is 0 Å². The quantitative estimate of drug-likeness (QED) is 0.706. The van der Waals surface area contributed by atoms with Gasteiger partial charge in [0.2, 0.25) is 0 Å². The number of nitrogens with one attached hydrogen (secondary N) is 2. The van der Waals surface area contributed by atoms with Gasteiger partial charge in [-0.1, -0.05) is 19.8 Å². The highest BCUT2D eigenvalue weighted by molar-refractivity contribution is 6.05. The monoisotopic (exact) mass is 379 g/mol. The molecule has 0 radical (unpaired) electrons. The molecule has 0 fully saturated rings. The van der Waals surface area contributed by atoms with E-state index in [2.05, 4.69) is 22.5 Å². The minimum absolute atomic E-state index is 0.135. The maximum atomic E-state index is 12.6. The van der Waals surface area contributed by atoms with Gasteiger partial charge in [-0.3, -0.25) is 14.6 Å². The van der Waals surface area contributed by atoms with Crippen molar-refractivity contribution < 1.29 is 22.8 Å². The maximum Gasteiger partial charge on any atom is 0.416 e. The Labute approximate surface area is 155 Å². The van der Waals surface area contributed by atoms with Crippen LogP contribution in [-0.4, -0.2) is 23.3 Å². The molecule has 0 aliphatic rings. The number of carbonyl (C=O) groups is 2. The number of aromatic nitrogens is 1. The van der Waals surface area contributed by atoms with Crippen LogP contribution in [0.4, 0.5) is 18.9 Å². The highest BCUT2D eigenvalue weighted by Gasteiger charge is 2.30. The predicted octanol–water partition coefficient (Wildman–Crippen LogP) is 4.27. The summed E-state index contributed by atoms with van der Waals surface area (Å²) < 4.78 is 37.7. The van der Waals surface area contributed by atoms with E-state index in [-0.39, 0.29) is 22.7 Å². The van der Waals surface area contributed by atoms with Crippen LogP contribution in [0, 0.1) is 0 Å². The SMILES string of the molecule is CCCCCNC(=O)c1cncc(C(=O)Nc2ccc(C(F)(F)F)cc2)c1. The van der Waals surface area contributed by atoms with Crippen LogP contribution in [0.1, 0.15) is 52.5 Å². The first-order valence-corrected chi connectivity index (χ1v) is 8.53. The van der Waals surface area contributed by atoms with Gasteiger partial charge in [-0.05, 0) is 36.8 Å². The Kier molecular flexibility index (Phi) is 6.92. The van der Waals surface area contributed by atoms with E-state index in [4.69, 9.17) is 0 Å². The zero-order chi connectivity index (χ0) is 19.9. The van der Waals surface area contributed by atoms with Crippen LogP contribution in [0.25, 0.3) is 0 Å². The number of hydrogen-bond acceptors (Lipinski definition) is 3. The van der Waals surface area contributed by atoms with Crippen molar-refractivity contribution in [2.75, 3.05) is 11.9 Å². The van der Waals surface area contributed by atoms with Crippen LogP contribution in [0.5, 0.6) is 0 Å². The summed E-state index contributed by atoms with van der Waals surface area (Å²) in [5.41, 5.74) is -0.214. The lowest BCUT2D eigenvalue weighted by molar-refractivity contribution is -0.137. The van der Waals surface area contributed by atoms with Crippen LogP contribution in [0.2, 0.25) is 0 Å². The van der Waals surface area contributed by atoms with E-state index in [1.807, 2.05) is 0 Å². The average molecular weight is 379 g/mol. The Hall–Kier alpha value is -2.90. The molecule has 2 amide bonds. The third-order valence-corrected chi connectivity index (χ3v) is 3.80. The smallest absolute Gasteiger partial charge is 0.352 e. The van der Waals surface area contributed by atoms with E-state index in [0.29, 0.717) is 6.54 Å². The van der Waals surface area contributed by atoms with Gasteiger partial charge < -0.3 is 10.6 Å². The van der Waals surface area contributed by atoms with Gasteiger partial charge in [0.25, 0.3) is 11.8 Å². The molecule has 0 saturated heterocycles. The Morgan fingerprint density at radius 1 is 1.00 bits per heavy atom. The summed E-state index contributed by atoms with van der Waals surface area (Å²) in [7, 11) is 0. The van der Waals surface area contributed by atoms with Crippen LogP contribution < -0.4 is 10.6 Å². The van der Waals surface area contributed by atoms with E-state index >= 15 is 0 Å². The molecule has 1 aromatic carbocycles. The number of carbonyl (C=O) groups excluding carboxylic acids is 2. The molecule has 1 heterocycles. The molecular weight excluding hydrogens is 359 g/mol. The zero-order valence-electron chi connectivity index (χ0n) is 14.8. The summed E-state index contributed by atoms with van der Waals surface area (Å²) in [6, 6.07) is 5.49. The van der Waals surface area contributed by atoms with Crippen molar-refractivity contribution in [1.82, 2.24) is 10.3 Å². The molecule has 27 heavy (non-hydrogen) atoms. The molecule has 2 rings (SSSR count). The molecule has 0 aliphatic heterocycles. The molecule has 1 aromatic heterocycles. The van der Waals surface area contributed by atoms with Crippen LogP contribution in [0.15, 0.2) is 42.7 Å². The van der Waals surface area contributed by atoms with Crippen molar-refractivity contribution in [1.29, 1.82) is 0 Å². The summed E-state index contributed by atoms with van der Waals surface area (Å²) in [6.45, 7) is 2.60. The summed E-state index contributed by atoms with van der Waals surface area (Å²) >= 11 is 0. The Morgan fingerprint density at radius 3 is 2.22 bits per heavy atom. The number of halogens is 3. The standard InChI is InChI=1S/C19H20F3N3O2/c1-2-3-4-9-24-17(26)13-10-14(12-23-11-13)18(27)25-16-7-5-15(6-8-16)19(20,21)22/h5-8,10-12H,2-4,9H2,1H3,(H,24,26)(H,25,27). The number of benzene rings is 1. The molecule has 2 aromatic rings. The Balaban J connectivity index is 2.01. The second kappa shape index (κ2) is 9.16. The molecule has 0 spiro atoms. The largest absolute Gasteiger partial charge is 0.416 e. The molecule has 0 aliphatic carbocycles. The summed E-state index contributed by atoms with van der Waals surface area (Å²) in [5, 5.41) is 5.24. The van der Waals surface area contributed by atoms with E-state index in [1.165, 1.54) is 30.6 Å². The van der Waals surface area contributed by atoms with E-state index < -0.39 is 17.6 Å². The molecule has 0 unspecified atom stereocenters. The molecule has 0 bridgehead atoms. The number of hydrogen-bond donors (Lipinski definition) is 2. The third kappa shape index (κ3) is 6.09. The first-order chi connectivity index (χ1) is 12.8. The number of unbranched alkanes of at least 4 members (excludes halogenated alkanes) is 2. The molecule has 0 atom stereocenters. The van der Waals surface area contributed by atoms with Crippen molar-refractivity contribution in [2.45, 2.75) is 32.4 Å². The lowest BCUT2D eigenvalue weighted by Gasteiger charge is -2.09. The van der Waals surface area contributed by atoms with Crippen molar-refractivity contribution in [3.63, 3.8) is 0 Å². The summed E-state index contributed by atoms with van der Waals surface area (Å²) in [6.07, 6.45) is 1.11. The molecule has 5 nitrogen and oxygen atoms in total. The molecule has 144 valence electrons. The van der Waals surface area contributed by atoms with Crippen LogP contribution in [0.3, 0.4) is 0 Å². The minimum Gasteiger partial charge on any atom is -0.352 e. The van der Waals surface area contributed by atoms with Gasteiger partial charge in [-0.15, -0.1) is 0 Å². The highest BCUT2D eigenvalue weighted by Crippen LogP contribution is 2.29. The fourth-order valence-electron chi connectivity index (χ4n) is 2.31. The molecular formula is C19H20F3N3O2. The minimum atomic E-state index is -4.44. The van der Waals surface area contributed by atoms with Gasteiger partial charge in [0.05, 0.1) is 16.7 Å². The average Bonchev–Trinajstić information content (AvgIpc) is 2.65. The normalized spacial score (nSPS) is 11.1. The summed E-state index contributed by atoms with van der Waals surface area (Å²) in [5.74, 6) is -0.898. The number of rotatable bonds is 7. The lowest BCUT2D eigenvalue weighted by atomic mass is 10.1. The van der Waals surface area contributed by atoms with Crippen molar-refractivity contribution in [2.24, 2.45) is 0 Å². The fourth-order valence-corrected chi connectivity index (χ4v) is 2.31. The Morgan fingerprint density at radius 2 is 1.63 bits per heavy atom.